The molecule has 1 aliphatic rings. The third-order valence-electron chi connectivity index (χ3n) is 3.22. The first-order valence-electron chi connectivity index (χ1n) is 6.75. The van der Waals surface area contributed by atoms with Crippen LogP contribution in [-0.4, -0.2) is 36.2 Å². The van der Waals surface area contributed by atoms with E-state index in [1.165, 1.54) is 44.4 Å². The number of nitrogens with zero attached hydrogens (tertiary/aromatic N) is 1. The Bertz CT molecular complexity index is 156. The quantitative estimate of drug-likeness (QED) is 0.747. The summed E-state index contributed by atoms with van der Waals surface area (Å²) < 4.78 is 2.39. The van der Waals surface area contributed by atoms with E-state index in [-0.39, 0.29) is 0 Å². The Morgan fingerprint density at radius 3 is 2.19 bits per heavy atom. The highest BCUT2D eigenvalue weighted by Gasteiger charge is 2.31. The van der Waals surface area contributed by atoms with Crippen molar-refractivity contribution < 1.29 is 0 Å². The van der Waals surface area contributed by atoms with Crippen LogP contribution in [0.25, 0.3) is 0 Å². The highest BCUT2D eigenvalue weighted by Crippen LogP contribution is 2.29. The van der Waals surface area contributed by atoms with Crippen LogP contribution < -0.4 is 5.32 Å². The molecule has 1 N–H and O–H groups in total. The summed E-state index contributed by atoms with van der Waals surface area (Å²) in [5, 5.41) is 3.55. The lowest BCUT2D eigenvalue weighted by molar-refractivity contribution is 0.214. The van der Waals surface area contributed by atoms with Crippen molar-refractivity contribution in [1.82, 2.24) is 9.62 Å². The van der Waals surface area contributed by atoms with Crippen molar-refractivity contribution in [3.8, 4) is 0 Å². The Hall–Kier alpha value is 0.270. The average molecular weight is 246 g/mol. The van der Waals surface area contributed by atoms with Crippen molar-refractivity contribution in [3.63, 3.8) is 0 Å². The molecule has 0 unspecified atom stereocenters. The van der Waals surface area contributed by atoms with Crippen molar-refractivity contribution in [1.29, 1.82) is 0 Å². The second-order valence-electron chi connectivity index (χ2n) is 4.29. The van der Waals surface area contributed by atoms with Crippen LogP contribution >= 0.6 is 11.9 Å². The highest BCUT2D eigenvalue weighted by molar-refractivity contribution is 7.96. The van der Waals surface area contributed by atoms with Crippen molar-refractivity contribution in [3.05, 3.63) is 0 Å². The Morgan fingerprint density at radius 1 is 1.19 bits per heavy atom. The molecule has 0 atom stereocenters. The summed E-state index contributed by atoms with van der Waals surface area (Å²) >= 11 is 1.93. The number of likely N-dealkylation sites (N-methyl/N-ethyl adjacent to an activating group) is 2. The zero-order valence-electron chi connectivity index (χ0n) is 11.8. The molecule has 0 amide bonds. The lowest BCUT2D eigenvalue weighted by Gasteiger charge is -2.39. The van der Waals surface area contributed by atoms with E-state index in [1.807, 2.05) is 25.8 Å². The van der Waals surface area contributed by atoms with E-state index in [2.05, 4.69) is 30.6 Å². The van der Waals surface area contributed by atoms with Gasteiger partial charge in [0, 0.05) is 17.8 Å². The maximum absolute atomic E-state index is 3.55. The fourth-order valence-electron chi connectivity index (χ4n) is 2.41. The monoisotopic (exact) mass is 246 g/mol. The van der Waals surface area contributed by atoms with Gasteiger partial charge in [-0.3, -0.25) is 4.31 Å². The molecular formula is C13H30N2S. The van der Waals surface area contributed by atoms with Gasteiger partial charge in [0.05, 0.1) is 0 Å². The van der Waals surface area contributed by atoms with E-state index in [4.69, 9.17) is 0 Å². The molecule has 1 fully saturated rings. The summed E-state index contributed by atoms with van der Waals surface area (Å²) in [6.45, 7) is 7.40. The maximum atomic E-state index is 3.55. The Kier molecular flexibility index (Phi) is 9.47. The molecule has 0 spiro atoms. The van der Waals surface area contributed by atoms with Crippen LogP contribution in [0, 0.1) is 0 Å². The minimum Gasteiger partial charge on any atom is -0.313 e. The summed E-state index contributed by atoms with van der Waals surface area (Å²) in [5.41, 5.74) is 0.398. The lowest BCUT2D eigenvalue weighted by Crippen LogP contribution is -2.51. The molecule has 0 aromatic rings. The fourth-order valence-corrected chi connectivity index (χ4v) is 3.19. The zero-order chi connectivity index (χ0) is 12.4. The molecule has 2 nitrogen and oxygen atoms in total. The van der Waals surface area contributed by atoms with Gasteiger partial charge in [0.25, 0.3) is 0 Å². The maximum Gasteiger partial charge on any atom is 0.0315 e. The van der Waals surface area contributed by atoms with E-state index < -0.39 is 0 Å². The molecule has 0 aromatic heterocycles. The summed E-state index contributed by atoms with van der Waals surface area (Å²) in [4.78, 5) is 0. The molecule has 0 aromatic carbocycles. The van der Waals surface area contributed by atoms with Crippen LogP contribution in [0.2, 0.25) is 0 Å². The molecule has 1 aliphatic carbocycles. The average Bonchev–Trinajstić information content (AvgIpc) is 2.33. The summed E-state index contributed by atoms with van der Waals surface area (Å²) in [6.07, 6.45) is 6.90. The lowest BCUT2D eigenvalue weighted by atomic mass is 9.82. The van der Waals surface area contributed by atoms with Gasteiger partial charge < -0.3 is 5.32 Å². The molecule has 16 heavy (non-hydrogen) atoms. The van der Waals surface area contributed by atoms with Gasteiger partial charge in [-0.15, -0.1) is 0 Å². The third-order valence-corrected chi connectivity index (χ3v) is 4.04. The molecular weight excluding hydrogens is 216 g/mol. The number of rotatable bonds is 5. The van der Waals surface area contributed by atoms with Crippen LogP contribution in [0.3, 0.4) is 0 Å². The second kappa shape index (κ2) is 9.32. The smallest absolute Gasteiger partial charge is 0.0315 e. The summed E-state index contributed by atoms with van der Waals surface area (Å²) in [6, 6.07) is 0. The second-order valence-corrected chi connectivity index (χ2v) is 5.75. The molecule has 0 aliphatic heterocycles. The Labute approximate surface area is 107 Å². The van der Waals surface area contributed by atoms with E-state index in [0.717, 1.165) is 0 Å². The molecule has 1 saturated carbocycles. The first kappa shape index (κ1) is 16.3. The normalized spacial score (nSPS) is 19.1. The van der Waals surface area contributed by atoms with Gasteiger partial charge >= 0.3 is 0 Å². The molecule has 0 saturated heterocycles. The first-order chi connectivity index (χ1) is 7.72. The predicted molar refractivity (Wildman–Crippen MR) is 77.0 cm³/mol. The minimum absolute atomic E-state index is 0.398. The third kappa shape index (κ3) is 5.55. The summed E-state index contributed by atoms with van der Waals surface area (Å²) in [7, 11) is 4.33. The van der Waals surface area contributed by atoms with Gasteiger partial charge in [0.15, 0.2) is 0 Å². The molecule has 0 bridgehead atoms. The van der Waals surface area contributed by atoms with Crippen molar-refractivity contribution in [2.75, 3.05) is 26.4 Å². The van der Waals surface area contributed by atoms with Crippen LogP contribution in [-0.2, 0) is 0 Å². The SMILES string of the molecule is CC.CCSN(C)CC1(NC)CCCCC1. The van der Waals surface area contributed by atoms with Gasteiger partial charge in [0.2, 0.25) is 0 Å². The molecule has 0 radical (unpaired) electrons. The number of hydrogen-bond acceptors (Lipinski definition) is 3. The van der Waals surface area contributed by atoms with Gasteiger partial charge in [-0.05, 0) is 26.9 Å². The molecule has 0 heterocycles. The van der Waals surface area contributed by atoms with Crippen molar-refractivity contribution >= 4 is 11.9 Å². The highest BCUT2D eigenvalue weighted by atomic mass is 32.2. The van der Waals surface area contributed by atoms with Crippen LogP contribution in [0.1, 0.15) is 52.9 Å². The molecule has 3 heteroatoms. The zero-order valence-corrected chi connectivity index (χ0v) is 12.6. The number of nitrogens with one attached hydrogen (secondary N) is 1. The molecule has 1 rings (SSSR count). The van der Waals surface area contributed by atoms with E-state index in [1.54, 1.807) is 0 Å². The van der Waals surface area contributed by atoms with Gasteiger partial charge in [-0.2, -0.15) is 0 Å². The topological polar surface area (TPSA) is 15.3 Å². The van der Waals surface area contributed by atoms with Crippen molar-refractivity contribution in [2.45, 2.75) is 58.4 Å². The van der Waals surface area contributed by atoms with Gasteiger partial charge in [-0.25, -0.2) is 0 Å². The standard InChI is InChI=1S/C11H24N2S.C2H6/c1-4-14-13(3)10-11(12-2)8-6-5-7-9-11;1-2/h12H,4-10H2,1-3H3;1-2H3. The largest absolute Gasteiger partial charge is 0.313 e. The van der Waals surface area contributed by atoms with Gasteiger partial charge in [0.1, 0.15) is 0 Å². The van der Waals surface area contributed by atoms with Crippen LogP contribution in [0.4, 0.5) is 0 Å². The predicted octanol–water partition coefficient (Wildman–Crippen LogP) is 3.53. The Balaban J connectivity index is 0.00000106. The van der Waals surface area contributed by atoms with E-state index in [0.29, 0.717) is 5.54 Å². The first-order valence-corrected chi connectivity index (χ1v) is 7.69. The van der Waals surface area contributed by atoms with E-state index in [9.17, 15) is 0 Å². The van der Waals surface area contributed by atoms with E-state index >= 15 is 0 Å². The minimum atomic E-state index is 0.398. The van der Waals surface area contributed by atoms with Crippen molar-refractivity contribution in [2.24, 2.45) is 0 Å². The molecule has 98 valence electrons. The van der Waals surface area contributed by atoms with Crippen LogP contribution in [0.15, 0.2) is 0 Å². The van der Waals surface area contributed by atoms with Gasteiger partial charge in [-0.1, -0.05) is 52.0 Å². The van der Waals surface area contributed by atoms with Crippen LogP contribution in [0.5, 0.6) is 0 Å². The fraction of sp³-hybridized carbons (Fsp3) is 1.00. The Morgan fingerprint density at radius 2 is 1.75 bits per heavy atom. The summed E-state index contributed by atoms with van der Waals surface area (Å²) in [5.74, 6) is 1.18. The number of hydrogen-bond donors (Lipinski definition) is 1.